The van der Waals surface area contributed by atoms with Crippen LogP contribution in [0.1, 0.15) is 11.1 Å². The molecule has 0 unspecified atom stereocenters. The number of hydrogen-bond acceptors (Lipinski definition) is 2. The summed E-state index contributed by atoms with van der Waals surface area (Å²) in [4.78, 5) is 0. The second-order valence-corrected chi connectivity index (χ2v) is 11.0. The van der Waals surface area contributed by atoms with Crippen molar-refractivity contribution in [2.24, 2.45) is 0 Å². The molecular weight excluding hydrogens is 339 g/mol. The van der Waals surface area contributed by atoms with Crippen LogP contribution in [0.5, 0.6) is 0 Å². The molecule has 0 heterocycles. The molecule has 0 amide bonds. The summed E-state index contributed by atoms with van der Waals surface area (Å²) in [6, 6.07) is 18.7. The molecular formula is C16H17Cl2OSSi. The van der Waals surface area contributed by atoms with Crippen molar-refractivity contribution in [3.8, 4) is 0 Å². The zero-order valence-corrected chi connectivity index (χ0v) is 15.1. The molecule has 0 saturated heterocycles. The van der Waals surface area contributed by atoms with Gasteiger partial charge in [-0.3, -0.25) is 0 Å². The lowest BCUT2D eigenvalue weighted by molar-refractivity contribution is 0.185. The van der Waals surface area contributed by atoms with E-state index in [9.17, 15) is 0 Å². The number of rotatable bonds is 7. The molecule has 0 saturated carbocycles. The lowest BCUT2D eigenvalue weighted by Gasteiger charge is -2.19. The second kappa shape index (κ2) is 8.86. The van der Waals surface area contributed by atoms with Gasteiger partial charge in [-0.25, -0.2) is 0 Å². The fraction of sp³-hybridized carbons (Fsp3) is 0.250. The van der Waals surface area contributed by atoms with Gasteiger partial charge in [-0.05, 0) is 16.3 Å². The summed E-state index contributed by atoms with van der Waals surface area (Å²) in [5.74, 6) is 0.923. The molecule has 111 valence electrons. The van der Waals surface area contributed by atoms with Crippen molar-refractivity contribution in [3.63, 3.8) is 0 Å². The summed E-state index contributed by atoms with van der Waals surface area (Å²) < 4.78 is 4.92. The van der Waals surface area contributed by atoms with E-state index >= 15 is 0 Å². The SMILES string of the molecule is COCc1ccccc1[Si](SCc1ccccc1)C(Cl)Cl. The fourth-order valence-electron chi connectivity index (χ4n) is 2.04. The molecule has 0 fully saturated rings. The number of ether oxygens (including phenoxy) is 1. The largest absolute Gasteiger partial charge is 0.380 e. The molecule has 1 radical (unpaired) electrons. The average Bonchev–Trinajstić information content (AvgIpc) is 2.50. The Balaban J connectivity index is 2.15. The van der Waals surface area contributed by atoms with Crippen LogP contribution in [0.3, 0.4) is 0 Å². The third-order valence-electron chi connectivity index (χ3n) is 3.02. The Labute approximate surface area is 141 Å². The van der Waals surface area contributed by atoms with E-state index in [-0.39, 0.29) is 4.46 Å². The first kappa shape index (κ1) is 16.9. The van der Waals surface area contributed by atoms with E-state index in [1.807, 2.05) is 29.4 Å². The highest BCUT2D eigenvalue weighted by Gasteiger charge is 2.25. The molecule has 0 aliphatic heterocycles. The lowest BCUT2D eigenvalue weighted by Crippen LogP contribution is -2.36. The second-order valence-electron chi connectivity index (χ2n) is 4.53. The molecule has 21 heavy (non-hydrogen) atoms. The summed E-state index contributed by atoms with van der Waals surface area (Å²) in [5.41, 5.74) is 2.48. The molecule has 2 rings (SSSR count). The van der Waals surface area contributed by atoms with Crippen LogP contribution >= 0.6 is 34.4 Å². The molecule has 2 aromatic carbocycles. The van der Waals surface area contributed by atoms with Crippen LogP contribution in [0.25, 0.3) is 0 Å². The maximum atomic E-state index is 6.27. The molecule has 0 bridgehead atoms. The minimum atomic E-state index is -1.12. The van der Waals surface area contributed by atoms with Gasteiger partial charge in [0.1, 0.15) is 4.46 Å². The molecule has 0 aromatic heterocycles. The smallest absolute Gasteiger partial charge is 0.194 e. The minimum Gasteiger partial charge on any atom is -0.380 e. The van der Waals surface area contributed by atoms with Gasteiger partial charge in [-0.1, -0.05) is 54.6 Å². The molecule has 0 aliphatic rings. The summed E-state index contributed by atoms with van der Waals surface area (Å²) in [6.45, 7) is 0.594. The van der Waals surface area contributed by atoms with E-state index < -0.39 is 7.95 Å². The first-order chi connectivity index (χ1) is 10.2. The van der Waals surface area contributed by atoms with Gasteiger partial charge in [-0.2, -0.15) is 11.2 Å². The van der Waals surface area contributed by atoms with Gasteiger partial charge in [0.2, 0.25) is 0 Å². The molecule has 0 atom stereocenters. The number of hydrogen-bond donors (Lipinski definition) is 0. The number of benzene rings is 2. The van der Waals surface area contributed by atoms with Crippen LogP contribution in [-0.2, 0) is 17.1 Å². The van der Waals surface area contributed by atoms with Gasteiger partial charge in [0.25, 0.3) is 0 Å². The summed E-state index contributed by atoms with van der Waals surface area (Å²) in [6.07, 6.45) is 0. The summed E-state index contributed by atoms with van der Waals surface area (Å²) in [7, 11) is 0.587. The van der Waals surface area contributed by atoms with E-state index in [0.29, 0.717) is 6.61 Å². The average molecular weight is 356 g/mol. The van der Waals surface area contributed by atoms with Crippen LogP contribution in [0, 0.1) is 0 Å². The van der Waals surface area contributed by atoms with Crippen LogP contribution in [0.4, 0.5) is 0 Å². The monoisotopic (exact) mass is 355 g/mol. The van der Waals surface area contributed by atoms with Crippen molar-refractivity contribution in [1.82, 2.24) is 0 Å². The van der Waals surface area contributed by atoms with Crippen LogP contribution in [-0.4, -0.2) is 19.5 Å². The van der Waals surface area contributed by atoms with Crippen molar-refractivity contribution >= 4 is 47.5 Å². The highest BCUT2D eigenvalue weighted by molar-refractivity contribution is 8.26. The normalized spacial score (nSPS) is 11.3. The van der Waals surface area contributed by atoms with E-state index in [0.717, 1.165) is 5.75 Å². The van der Waals surface area contributed by atoms with Crippen molar-refractivity contribution < 1.29 is 4.74 Å². The Kier molecular flexibility index (Phi) is 7.13. The number of methoxy groups -OCH3 is 1. The predicted molar refractivity (Wildman–Crippen MR) is 95.8 cm³/mol. The number of alkyl halides is 2. The highest BCUT2D eigenvalue weighted by atomic mass is 35.5. The molecule has 2 aromatic rings. The third kappa shape index (κ3) is 5.04. The van der Waals surface area contributed by atoms with Gasteiger partial charge in [0, 0.05) is 12.9 Å². The summed E-state index contributed by atoms with van der Waals surface area (Å²) >= 11 is 14.4. The molecule has 5 heteroatoms. The first-order valence-corrected chi connectivity index (χ1v) is 10.8. The van der Waals surface area contributed by atoms with Gasteiger partial charge < -0.3 is 4.74 Å². The Hall–Kier alpha value is -0.453. The Morgan fingerprint density at radius 2 is 1.71 bits per heavy atom. The van der Waals surface area contributed by atoms with Crippen LogP contribution in [0.2, 0.25) is 0 Å². The first-order valence-electron chi connectivity index (χ1n) is 6.61. The van der Waals surface area contributed by atoms with E-state index in [2.05, 4.69) is 36.4 Å². The standard InChI is InChI=1S/C16H17Cl2OSSi/c1-19-11-14-9-5-6-10-15(14)21(16(17)18)20-12-13-7-3-2-4-8-13/h2-10,16H,11-12H2,1H3. The Morgan fingerprint density at radius 3 is 2.38 bits per heavy atom. The zero-order chi connectivity index (χ0) is 15.1. The maximum absolute atomic E-state index is 6.27. The summed E-state index contributed by atoms with van der Waals surface area (Å²) in [5, 5.41) is 1.25. The van der Waals surface area contributed by atoms with Gasteiger partial charge in [0.05, 0.1) is 6.61 Å². The van der Waals surface area contributed by atoms with E-state index in [1.165, 1.54) is 16.3 Å². The molecule has 1 nitrogen and oxygen atoms in total. The van der Waals surface area contributed by atoms with Crippen LogP contribution in [0.15, 0.2) is 54.6 Å². The van der Waals surface area contributed by atoms with Crippen LogP contribution < -0.4 is 5.19 Å². The van der Waals surface area contributed by atoms with Crippen molar-refractivity contribution in [2.75, 3.05) is 7.11 Å². The Bertz CT molecular complexity index is 551. The topological polar surface area (TPSA) is 9.23 Å². The molecule has 0 N–H and O–H groups in total. The molecule has 0 aliphatic carbocycles. The quantitative estimate of drug-likeness (QED) is 0.540. The Morgan fingerprint density at radius 1 is 1.05 bits per heavy atom. The van der Waals surface area contributed by atoms with Gasteiger partial charge in [-0.15, -0.1) is 23.2 Å². The van der Waals surface area contributed by atoms with E-state index in [1.54, 1.807) is 7.11 Å². The van der Waals surface area contributed by atoms with Crippen molar-refractivity contribution in [2.45, 2.75) is 16.8 Å². The van der Waals surface area contributed by atoms with Crippen molar-refractivity contribution in [1.29, 1.82) is 0 Å². The number of halogens is 2. The van der Waals surface area contributed by atoms with E-state index in [4.69, 9.17) is 27.9 Å². The third-order valence-corrected chi connectivity index (χ3v) is 10.0. The molecule has 0 spiro atoms. The fourth-order valence-corrected chi connectivity index (χ4v) is 8.05. The lowest BCUT2D eigenvalue weighted by atomic mass is 10.2. The maximum Gasteiger partial charge on any atom is 0.194 e. The van der Waals surface area contributed by atoms with Crippen molar-refractivity contribution in [3.05, 3.63) is 65.7 Å². The predicted octanol–water partition coefficient (Wildman–Crippen LogP) is 4.31. The highest BCUT2D eigenvalue weighted by Crippen LogP contribution is 2.23. The minimum absolute atomic E-state index is 0.360. The van der Waals surface area contributed by atoms with Gasteiger partial charge >= 0.3 is 0 Å². The van der Waals surface area contributed by atoms with Gasteiger partial charge in [0.15, 0.2) is 7.95 Å². The zero-order valence-electron chi connectivity index (χ0n) is 11.8.